The van der Waals surface area contributed by atoms with Gasteiger partial charge in [0, 0.05) is 24.9 Å². The van der Waals surface area contributed by atoms with Crippen LogP contribution in [0.4, 0.5) is 5.69 Å². The Morgan fingerprint density at radius 2 is 2.33 bits per heavy atom. The molecule has 1 saturated heterocycles. The number of hydrogen-bond acceptors (Lipinski definition) is 3. The van der Waals surface area contributed by atoms with Gasteiger partial charge < -0.3 is 10.5 Å². The first kappa shape index (κ1) is 13.4. The predicted molar refractivity (Wildman–Crippen MR) is 75.5 cm³/mol. The summed E-state index contributed by atoms with van der Waals surface area (Å²) in [6, 6.07) is 8.58. The van der Waals surface area contributed by atoms with E-state index in [2.05, 4.69) is 30.9 Å². The van der Waals surface area contributed by atoms with E-state index in [1.54, 1.807) is 0 Å². The van der Waals surface area contributed by atoms with E-state index >= 15 is 0 Å². The van der Waals surface area contributed by atoms with Crippen LogP contribution in [-0.2, 0) is 4.74 Å². The Balaban J connectivity index is 2.02. The van der Waals surface area contributed by atoms with Gasteiger partial charge in [-0.15, -0.1) is 0 Å². The van der Waals surface area contributed by atoms with Gasteiger partial charge >= 0.3 is 0 Å². The summed E-state index contributed by atoms with van der Waals surface area (Å²) in [4.78, 5) is 2.46. The quantitative estimate of drug-likeness (QED) is 0.814. The highest BCUT2D eigenvalue weighted by Crippen LogP contribution is 2.24. The number of nitrogen functional groups attached to an aromatic ring is 1. The molecule has 1 fully saturated rings. The second kappa shape index (κ2) is 6.21. The Morgan fingerprint density at radius 1 is 1.50 bits per heavy atom. The number of benzene rings is 1. The lowest BCUT2D eigenvalue weighted by molar-refractivity contribution is 0.0618. The molecule has 2 N–H and O–H groups in total. The van der Waals surface area contributed by atoms with E-state index in [1.165, 1.54) is 18.4 Å². The minimum atomic E-state index is 0.391. The molecule has 1 aromatic carbocycles. The summed E-state index contributed by atoms with van der Waals surface area (Å²) in [7, 11) is 0. The summed E-state index contributed by atoms with van der Waals surface area (Å²) >= 11 is 0. The molecule has 18 heavy (non-hydrogen) atoms. The van der Waals surface area contributed by atoms with Crippen LogP contribution in [0.15, 0.2) is 24.3 Å². The first-order chi connectivity index (χ1) is 8.70. The number of nitrogens with zero attached hydrogens (tertiary/aromatic N) is 1. The summed E-state index contributed by atoms with van der Waals surface area (Å²) in [6.07, 6.45) is 2.81. The Bertz CT molecular complexity index is 375. The molecule has 1 aromatic rings. The van der Waals surface area contributed by atoms with Gasteiger partial charge in [-0.2, -0.15) is 0 Å². The number of likely N-dealkylation sites (N-methyl/N-ethyl adjacent to an activating group) is 1. The van der Waals surface area contributed by atoms with Crippen molar-refractivity contribution in [1.82, 2.24) is 4.90 Å². The van der Waals surface area contributed by atoms with Crippen molar-refractivity contribution in [2.45, 2.75) is 38.8 Å². The summed E-state index contributed by atoms with van der Waals surface area (Å²) in [5.74, 6) is 0. The van der Waals surface area contributed by atoms with Gasteiger partial charge in [0.2, 0.25) is 0 Å². The lowest BCUT2D eigenvalue weighted by Gasteiger charge is -2.30. The molecule has 0 spiro atoms. The molecular formula is C15H24N2O. The molecule has 3 nitrogen and oxygen atoms in total. The van der Waals surface area contributed by atoms with E-state index < -0.39 is 0 Å². The molecule has 2 unspecified atom stereocenters. The number of ether oxygens (including phenoxy) is 1. The molecule has 3 heteroatoms. The average Bonchev–Trinajstić information content (AvgIpc) is 2.88. The molecule has 1 heterocycles. The number of rotatable bonds is 5. The molecule has 100 valence electrons. The normalized spacial score (nSPS) is 21.4. The standard InChI is InChI=1S/C15H24N2O/c1-3-17(11-15-8-5-9-18-15)12(2)13-6-4-7-14(16)10-13/h4,6-7,10,12,15H,3,5,8-9,11,16H2,1-2H3. The van der Waals surface area contributed by atoms with Crippen LogP contribution in [0.2, 0.25) is 0 Å². The summed E-state index contributed by atoms with van der Waals surface area (Å²) in [6.45, 7) is 7.43. The van der Waals surface area contributed by atoms with E-state index in [4.69, 9.17) is 10.5 Å². The first-order valence-corrected chi connectivity index (χ1v) is 6.91. The fraction of sp³-hybridized carbons (Fsp3) is 0.600. The van der Waals surface area contributed by atoms with Crippen LogP contribution in [-0.4, -0.2) is 30.7 Å². The Morgan fingerprint density at radius 3 is 2.94 bits per heavy atom. The third-order valence-corrected chi connectivity index (χ3v) is 3.81. The van der Waals surface area contributed by atoms with E-state index in [0.29, 0.717) is 12.1 Å². The molecule has 1 aliphatic heterocycles. The lowest BCUT2D eigenvalue weighted by atomic mass is 10.1. The molecule has 1 aliphatic rings. The summed E-state index contributed by atoms with van der Waals surface area (Å²) < 4.78 is 5.73. The van der Waals surface area contributed by atoms with Crippen LogP contribution >= 0.6 is 0 Å². The third kappa shape index (κ3) is 3.24. The Labute approximate surface area is 110 Å². The van der Waals surface area contributed by atoms with Crippen molar-refractivity contribution < 1.29 is 4.74 Å². The number of anilines is 1. The first-order valence-electron chi connectivity index (χ1n) is 6.91. The van der Waals surface area contributed by atoms with E-state index in [-0.39, 0.29) is 0 Å². The van der Waals surface area contributed by atoms with Gasteiger partial charge in [-0.25, -0.2) is 0 Å². The molecule has 2 rings (SSSR count). The van der Waals surface area contributed by atoms with Crippen molar-refractivity contribution in [3.05, 3.63) is 29.8 Å². The fourth-order valence-electron chi connectivity index (χ4n) is 2.64. The van der Waals surface area contributed by atoms with Crippen molar-refractivity contribution in [2.24, 2.45) is 0 Å². The van der Waals surface area contributed by atoms with Gasteiger partial charge in [-0.05, 0) is 44.0 Å². The predicted octanol–water partition coefficient (Wildman–Crippen LogP) is 2.83. The van der Waals surface area contributed by atoms with Gasteiger partial charge in [0.25, 0.3) is 0 Å². The van der Waals surface area contributed by atoms with Gasteiger partial charge in [0.1, 0.15) is 0 Å². The highest BCUT2D eigenvalue weighted by atomic mass is 16.5. The molecule has 0 aromatic heterocycles. The van der Waals surface area contributed by atoms with Crippen molar-refractivity contribution in [2.75, 3.05) is 25.4 Å². The number of nitrogens with two attached hydrogens (primary N) is 1. The van der Waals surface area contributed by atoms with Gasteiger partial charge in [-0.1, -0.05) is 19.1 Å². The molecular weight excluding hydrogens is 224 g/mol. The maximum Gasteiger partial charge on any atom is 0.0703 e. The fourth-order valence-corrected chi connectivity index (χ4v) is 2.64. The van der Waals surface area contributed by atoms with E-state index in [9.17, 15) is 0 Å². The van der Waals surface area contributed by atoms with Crippen LogP contribution in [0.5, 0.6) is 0 Å². The molecule has 2 atom stereocenters. The zero-order valence-electron chi connectivity index (χ0n) is 11.4. The van der Waals surface area contributed by atoms with Gasteiger partial charge in [0.05, 0.1) is 6.10 Å². The number of hydrogen-bond donors (Lipinski definition) is 1. The van der Waals surface area contributed by atoms with Crippen molar-refractivity contribution in [3.8, 4) is 0 Å². The monoisotopic (exact) mass is 248 g/mol. The van der Waals surface area contributed by atoms with Gasteiger partial charge in [0.15, 0.2) is 0 Å². The minimum Gasteiger partial charge on any atom is -0.399 e. The van der Waals surface area contributed by atoms with Crippen molar-refractivity contribution in [3.63, 3.8) is 0 Å². The Hall–Kier alpha value is -1.06. The topological polar surface area (TPSA) is 38.5 Å². The molecule has 0 amide bonds. The highest BCUT2D eigenvalue weighted by Gasteiger charge is 2.22. The largest absolute Gasteiger partial charge is 0.399 e. The summed E-state index contributed by atoms with van der Waals surface area (Å²) in [5.41, 5.74) is 7.99. The SMILES string of the molecule is CCN(CC1CCCO1)C(C)c1cccc(N)c1. The Kier molecular flexibility index (Phi) is 4.61. The van der Waals surface area contributed by atoms with Crippen molar-refractivity contribution in [1.29, 1.82) is 0 Å². The second-order valence-electron chi connectivity index (χ2n) is 5.07. The van der Waals surface area contributed by atoms with Crippen LogP contribution in [0.25, 0.3) is 0 Å². The smallest absolute Gasteiger partial charge is 0.0703 e. The lowest BCUT2D eigenvalue weighted by Crippen LogP contribution is -2.34. The second-order valence-corrected chi connectivity index (χ2v) is 5.07. The maximum absolute atomic E-state index is 5.86. The molecule has 0 bridgehead atoms. The van der Waals surface area contributed by atoms with Gasteiger partial charge in [-0.3, -0.25) is 4.90 Å². The molecule has 0 aliphatic carbocycles. The van der Waals surface area contributed by atoms with Crippen molar-refractivity contribution >= 4 is 5.69 Å². The average molecular weight is 248 g/mol. The summed E-state index contributed by atoms with van der Waals surface area (Å²) in [5, 5.41) is 0. The third-order valence-electron chi connectivity index (χ3n) is 3.81. The van der Waals surface area contributed by atoms with Crippen LogP contribution in [0.3, 0.4) is 0 Å². The van der Waals surface area contributed by atoms with Crippen LogP contribution < -0.4 is 5.73 Å². The minimum absolute atomic E-state index is 0.391. The zero-order valence-corrected chi connectivity index (χ0v) is 11.4. The van der Waals surface area contributed by atoms with E-state index in [1.807, 2.05) is 12.1 Å². The van der Waals surface area contributed by atoms with Crippen LogP contribution in [0.1, 0.15) is 38.3 Å². The van der Waals surface area contributed by atoms with E-state index in [0.717, 1.165) is 25.4 Å². The maximum atomic E-state index is 5.86. The zero-order chi connectivity index (χ0) is 13.0. The van der Waals surface area contributed by atoms with Crippen LogP contribution in [0, 0.1) is 0 Å². The molecule has 0 radical (unpaired) electrons. The highest BCUT2D eigenvalue weighted by molar-refractivity contribution is 5.41. The molecule has 0 saturated carbocycles.